The predicted octanol–water partition coefficient (Wildman–Crippen LogP) is 5.16. The lowest BCUT2D eigenvalue weighted by Gasteiger charge is -2.37. The summed E-state index contributed by atoms with van der Waals surface area (Å²) in [6.07, 6.45) is 6.00. The summed E-state index contributed by atoms with van der Waals surface area (Å²) in [6.45, 7) is 3.13. The van der Waals surface area contributed by atoms with Crippen molar-refractivity contribution in [1.29, 1.82) is 0 Å². The highest BCUT2D eigenvalue weighted by Crippen LogP contribution is 2.51. The molecule has 2 unspecified atom stereocenters. The third-order valence-electron chi connectivity index (χ3n) is 6.70. The summed E-state index contributed by atoms with van der Waals surface area (Å²) in [7, 11) is 0. The molecule has 0 N–H and O–H groups in total. The first-order valence-corrected chi connectivity index (χ1v) is 10.9. The van der Waals surface area contributed by atoms with Crippen LogP contribution in [0.5, 0.6) is 0 Å². The number of rotatable bonds is 4. The molecule has 28 heavy (non-hydrogen) atoms. The maximum absolute atomic E-state index is 12.7. The average Bonchev–Trinajstić information content (AvgIpc) is 3.47. The monoisotopic (exact) mass is 411 g/mol. The Morgan fingerprint density at radius 1 is 1.07 bits per heavy atom. The number of thiocarbonyl (C=S) groups is 1. The van der Waals surface area contributed by atoms with Gasteiger partial charge in [-0.3, -0.25) is 0 Å². The van der Waals surface area contributed by atoms with Crippen molar-refractivity contribution in [2.45, 2.75) is 51.1 Å². The quantitative estimate of drug-likeness (QED) is 0.638. The van der Waals surface area contributed by atoms with E-state index in [0.717, 1.165) is 67.6 Å². The van der Waals surface area contributed by atoms with Gasteiger partial charge in [-0.15, -0.1) is 0 Å². The van der Waals surface area contributed by atoms with Gasteiger partial charge in [0.1, 0.15) is 5.82 Å². The van der Waals surface area contributed by atoms with E-state index in [1.165, 1.54) is 44.6 Å². The van der Waals surface area contributed by atoms with E-state index in [1.807, 2.05) is 4.90 Å². The smallest absolute Gasteiger partial charge is 0.363 e. The van der Waals surface area contributed by atoms with Gasteiger partial charge < -0.3 is 9.80 Å². The minimum atomic E-state index is -4.34. The fraction of sp³-hybridized carbons (Fsp3) is 0.714. The number of piperazine rings is 1. The number of alkyl halides is 3. The SMILES string of the molecule is FC(F)(F)c1ccc(N2CCN(C(=S)CC3CC3C3CCCCC3)CC2)nc1. The van der Waals surface area contributed by atoms with Crippen molar-refractivity contribution in [3.8, 4) is 0 Å². The van der Waals surface area contributed by atoms with Crippen molar-refractivity contribution in [3.63, 3.8) is 0 Å². The molecule has 3 nitrogen and oxygen atoms in total. The van der Waals surface area contributed by atoms with E-state index in [9.17, 15) is 13.2 Å². The third-order valence-corrected chi connectivity index (χ3v) is 7.13. The lowest BCUT2D eigenvalue weighted by Crippen LogP contribution is -2.48. The van der Waals surface area contributed by atoms with Crippen molar-refractivity contribution >= 4 is 23.0 Å². The molecule has 3 aliphatic rings. The van der Waals surface area contributed by atoms with Crippen molar-refractivity contribution in [2.75, 3.05) is 31.1 Å². The van der Waals surface area contributed by atoms with Gasteiger partial charge in [0.15, 0.2) is 0 Å². The van der Waals surface area contributed by atoms with Gasteiger partial charge in [-0.2, -0.15) is 13.2 Å². The third kappa shape index (κ3) is 4.61. The van der Waals surface area contributed by atoms with Crippen molar-refractivity contribution in [1.82, 2.24) is 9.88 Å². The lowest BCUT2D eigenvalue weighted by molar-refractivity contribution is -0.137. The van der Waals surface area contributed by atoms with Crippen LogP contribution < -0.4 is 4.90 Å². The molecule has 0 spiro atoms. The molecule has 154 valence electrons. The van der Waals surface area contributed by atoms with Gasteiger partial charge in [0.2, 0.25) is 0 Å². The van der Waals surface area contributed by atoms with Gasteiger partial charge in [0, 0.05) is 38.8 Å². The van der Waals surface area contributed by atoms with Crippen LogP contribution in [0.2, 0.25) is 0 Å². The molecule has 3 fully saturated rings. The van der Waals surface area contributed by atoms with Gasteiger partial charge in [0.25, 0.3) is 0 Å². The summed E-state index contributed by atoms with van der Waals surface area (Å²) in [4.78, 5) is 9.41. The highest BCUT2D eigenvalue weighted by atomic mass is 32.1. The number of halogens is 3. The maximum atomic E-state index is 12.7. The summed E-state index contributed by atoms with van der Waals surface area (Å²) in [6, 6.07) is 2.58. The van der Waals surface area contributed by atoms with Crippen LogP contribution in [0.3, 0.4) is 0 Å². The summed E-state index contributed by atoms with van der Waals surface area (Å²) in [5.41, 5.74) is -0.701. The molecule has 1 aromatic rings. The van der Waals surface area contributed by atoms with Crippen LogP contribution in [-0.2, 0) is 6.18 Å². The molecule has 1 saturated heterocycles. The Labute approximate surface area is 170 Å². The van der Waals surface area contributed by atoms with Gasteiger partial charge in [-0.1, -0.05) is 44.3 Å². The van der Waals surface area contributed by atoms with Crippen LogP contribution in [0.1, 0.15) is 50.5 Å². The van der Waals surface area contributed by atoms with Crippen LogP contribution in [-0.4, -0.2) is 41.1 Å². The molecule has 7 heteroatoms. The number of hydrogen-bond acceptors (Lipinski definition) is 3. The van der Waals surface area contributed by atoms with Crippen LogP contribution in [0.25, 0.3) is 0 Å². The zero-order valence-electron chi connectivity index (χ0n) is 16.1. The molecule has 0 bridgehead atoms. The van der Waals surface area contributed by atoms with E-state index >= 15 is 0 Å². The second kappa shape index (κ2) is 8.17. The predicted molar refractivity (Wildman–Crippen MR) is 108 cm³/mol. The Kier molecular flexibility index (Phi) is 5.81. The summed E-state index contributed by atoms with van der Waals surface area (Å²) >= 11 is 5.72. The molecule has 1 aliphatic heterocycles. The first-order valence-electron chi connectivity index (χ1n) is 10.5. The van der Waals surface area contributed by atoms with E-state index in [0.29, 0.717) is 5.82 Å². The van der Waals surface area contributed by atoms with E-state index in [2.05, 4.69) is 9.88 Å². The van der Waals surface area contributed by atoms with E-state index in [1.54, 1.807) is 0 Å². The van der Waals surface area contributed by atoms with Crippen molar-refractivity contribution in [3.05, 3.63) is 23.9 Å². The van der Waals surface area contributed by atoms with Gasteiger partial charge in [-0.25, -0.2) is 4.98 Å². The van der Waals surface area contributed by atoms with E-state index in [-0.39, 0.29) is 0 Å². The Balaban J connectivity index is 1.23. The Morgan fingerprint density at radius 2 is 1.79 bits per heavy atom. The zero-order chi connectivity index (χ0) is 19.7. The standard InChI is InChI=1S/C21H28F3N3S/c22-21(23,24)17-6-7-19(25-14-17)26-8-10-27(11-9-26)20(28)13-16-12-18(16)15-4-2-1-3-5-15/h6-7,14-16,18H,1-5,8-13H2. The summed E-state index contributed by atoms with van der Waals surface area (Å²) < 4.78 is 38.0. The molecule has 2 aliphatic carbocycles. The van der Waals surface area contributed by atoms with Crippen LogP contribution in [0.4, 0.5) is 19.0 Å². The van der Waals surface area contributed by atoms with Crippen LogP contribution in [0, 0.1) is 17.8 Å². The molecule has 0 amide bonds. The van der Waals surface area contributed by atoms with Crippen molar-refractivity contribution in [2.24, 2.45) is 17.8 Å². The highest BCUT2D eigenvalue weighted by molar-refractivity contribution is 7.80. The molecule has 0 aromatic carbocycles. The fourth-order valence-electron chi connectivity index (χ4n) is 4.92. The lowest BCUT2D eigenvalue weighted by atomic mass is 9.85. The molecule has 4 rings (SSSR count). The largest absolute Gasteiger partial charge is 0.417 e. The molecule has 0 radical (unpaired) electrons. The highest BCUT2D eigenvalue weighted by Gasteiger charge is 2.43. The van der Waals surface area contributed by atoms with E-state index < -0.39 is 11.7 Å². The first kappa shape index (κ1) is 19.9. The number of aromatic nitrogens is 1. The summed E-state index contributed by atoms with van der Waals surface area (Å²) in [5, 5.41) is 0. The van der Waals surface area contributed by atoms with E-state index in [4.69, 9.17) is 12.2 Å². The van der Waals surface area contributed by atoms with Gasteiger partial charge >= 0.3 is 6.18 Å². The molecule has 2 heterocycles. The maximum Gasteiger partial charge on any atom is 0.417 e. The summed E-state index contributed by atoms with van der Waals surface area (Å²) in [5.74, 6) is 3.23. The number of nitrogens with zero attached hydrogens (tertiary/aromatic N) is 3. The Bertz CT molecular complexity index is 677. The molecule has 2 saturated carbocycles. The van der Waals surface area contributed by atoms with Crippen LogP contribution in [0.15, 0.2) is 18.3 Å². The van der Waals surface area contributed by atoms with Gasteiger partial charge in [-0.05, 0) is 36.3 Å². The number of hydrogen-bond donors (Lipinski definition) is 0. The fourth-order valence-corrected chi connectivity index (χ4v) is 5.32. The number of anilines is 1. The topological polar surface area (TPSA) is 19.4 Å². The minimum Gasteiger partial charge on any atom is -0.363 e. The first-order chi connectivity index (χ1) is 13.4. The Hall–Kier alpha value is -1.37. The van der Waals surface area contributed by atoms with Crippen LogP contribution >= 0.6 is 12.2 Å². The normalized spacial score (nSPS) is 26.4. The second-order valence-electron chi connectivity index (χ2n) is 8.53. The molecular formula is C21H28F3N3S. The number of pyridine rings is 1. The Morgan fingerprint density at radius 3 is 2.39 bits per heavy atom. The zero-order valence-corrected chi connectivity index (χ0v) is 16.9. The van der Waals surface area contributed by atoms with Crippen molar-refractivity contribution < 1.29 is 13.2 Å². The minimum absolute atomic E-state index is 0.609. The molecule has 1 aromatic heterocycles. The molecular weight excluding hydrogens is 383 g/mol. The molecule has 2 atom stereocenters. The second-order valence-corrected chi connectivity index (χ2v) is 9.00. The average molecular weight is 412 g/mol. The van der Waals surface area contributed by atoms with Gasteiger partial charge in [0.05, 0.1) is 10.6 Å².